The van der Waals surface area contributed by atoms with Crippen LogP contribution in [0, 0.1) is 5.41 Å². The van der Waals surface area contributed by atoms with Crippen molar-refractivity contribution in [3.05, 3.63) is 0 Å². The normalized spacial score (nSPS) is 27.1. The topological polar surface area (TPSA) is 53.1 Å². The Bertz CT molecular complexity index is 184. The molecule has 1 saturated heterocycles. The molecular formula is C9H19N3S. The molecule has 1 fully saturated rings. The Hall–Kier alpha value is -0.220. The molecule has 3 N–H and O–H groups in total. The molecule has 3 nitrogen and oxygen atoms in total. The molecule has 0 aromatic carbocycles. The summed E-state index contributed by atoms with van der Waals surface area (Å²) in [4.78, 5) is 2.46. The van der Waals surface area contributed by atoms with Crippen LogP contribution in [0.2, 0.25) is 0 Å². The number of rotatable bonds is 3. The van der Waals surface area contributed by atoms with Crippen LogP contribution in [0.3, 0.4) is 0 Å². The van der Waals surface area contributed by atoms with Crippen LogP contribution in [-0.2, 0) is 0 Å². The van der Waals surface area contributed by atoms with Gasteiger partial charge in [-0.05, 0) is 13.8 Å². The molecule has 0 aromatic rings. The molecule has 0 aliphatic carbocycles. The van der Waals surface area contributed by atoms with Gasteiger partial charge in [-0.1, -0.05) is 0 Å². The van der Waals surface area contributed by atoms with Crippen molar-refractivity contribution < 1.29 is 0 Å². The van der Waals surface area contributed by atoms with Gasteiger partial charge in [-0.2, -0.15) is 11.8 Å². The average Bonchev–Trinajstić information content (AvgIpc) is 2.03. The van der Waals surface area contributed by atoms with Gasteiger partial charge in [0.25, 0.3) is 0 Å². The minimum Gasteiger partial charge on any atom is -0.388 e. The predicted octanol–water partition coefficient (Wildman–Crippen LogP) is 1.14. The summed E-state index contributed by atoms with van der Waals surface area (Å²) in [5, 5.41) is 7.26. The van der Waals surface area contributed by atoms with E-state index >= 15 is 0 Å². The van der Waals surface area contributed by atoms with Crippen LogP contribution in [0.1, 0.15) is 20.3 Å². The summed E-state index contributed by atoms with van der Waals surface area (Å²) >= 11 is 2.02. The first-order valence-corrected chi connectivity index (χ1v) is 5.93. The van der Waals surface area contributed by atoms with E-state index < -0.39 is 0 Å². The van der Waals surface area contributed by atoms with Crippen LogP contribution in [0.5, 0.6) is 0 Å². The van der Waals surface area contributed by atoms with Gasteiger partial charge in [-0.25, -0.2) is 0 Å². The van der Waals surface area contributed by atoms with E-state index in [-0.39, 0.29) is 0 Å². The molecule has 0 saturated carbocycles. The lowest BCUT2D eigenvalue weighted by Gasteiger charge is -2.37. The van der Waals surface area contributed by atoms with Gasteiger partial charge in [0.05, 0.1) is 5.84 Å². The maximum atomic E-state index is 7.26. The number of nitrogens with two attached hydrogens (primary N) is 1. The van der Waals surface area contributed by atoms with Crippen LogP contribution < -0.4 is 5.73 Å². The lowest BCUT2D eigenvalue weighted by atomic mass is 10.1. The number of nitrogens with one attached hydrogen (secondary N) is 1. The van der Waals surface area contributed by atoms with Crippen LogP contribution in [0.15, 0.2) is 0 Å². The molecule has 4 heteroatoms. The lowest BCUT2D eigenvalue weighted by Crippen LogP contribution is -2.46. The number of amidine groups is 1. The van der Waals surface area contributed by atoms with E-state index in [4.69, 9.17) is 11.1 Å². The zero-order valence-electron chi connectivity index (χ0n) is 8.42. The highest BCUT2D eigenvalue weighted by Crippen LogP contribution is 2.19. The Balaban J connectivity index is 2.43. The summed E-state index contributed by atoms with van der Waals surface area (Å²) < 4.78 is 0. The smallest absolute Gasteiger partial charge is 0.0920 e. The Labute approximate surface area is 84.6 Å². The number of nitrogens with zero attached hydrogens (tertiary/aromatic N) is 1. The predicted molar refractivity (Wildman–Crippen MR) is 59.5 cm³/mol. The van der Waals surface area contributed by atoms with Crippen molar-refractivity contribution in [1.82, 2.24) is 4.90 Å². The van der Waals surface area contributed by atoms with Crippen molar-refractivity contribution in [3.63, 3.8) is 0 Å². The Morgan fingerprint density at radius 1 is 1.77 bits per heavy atom. The first-order valence-electron chi connectivity index (χ1n) is 4.77. The highest BCUT2D eigenvalue weighted by Gasteiger charge is 2.23. The van der Waals surface area contributed by atoms with Gasteiger partial charge < -0.3 is 5.73 Å². The largest absolute Gasteiger partial charge is 0.388 e. The Morgan fingerprint density at radius 2 is 2.46 bits per heavy atom. The monoisotopic (exact) mass is 201 g/mol. The first-order chi connectivity index (χ1) is 6.11. The van der Waals surface area contributed by atoms with Crippen molar-refractivity contribution in [1.29, 1.82) is 5.41 Å². The summed E-state index contributed by atoms with van der Waals surface area (Å²) in [6.07, 6.45) is 0.703. The van der Waals surface area contributed by atoms with Crippen molar-refractivity contribution in [3.8, 4) is 0 Å². The highest BCUT2D eigenvalue weighted by molar-refractivity contribution is 7.99. The van der Waals surface area contributed by atoms with E-state index in [0.29, 0.717) is 24.3 Å². The fourth-order valence-corrected chi connectivity index (χ4v) is 2.87. The molecule has 1 aliphatic heterocycles. The second kappa shape index (κ2) is 4.86. The summed E-state index contributed by atoms with van der Waals surface area (Å²) in [6, 6.07) is 1.06. The summed E-state index contributed by atoms with van der Waals surface area (Å²) in [5.41, 5.74) is 5.40. The van der Waals surface area contributed by atoms with Crippen molar-refractivity contribution >= 4 is 17.6 Å². The molecular weight excluding hydrogens is 182 g/mol. The van der Waals surface area contributed by atoms with Gasteiger partial charge in [0.15, 0.2) is 0 Å². The van der Waals surface area contributed by atoms with Crippen LogP contribution in [-0.4, -0.2) is 40.9 Å². The minimum atomic E-state index is 0.304. The number of thioether (sulfide) groups is 1. The molecule has 76 valence electrons. The number of hydrogen-bond acceptors (Lipinski definition) is 3. The lowest BCUT2D eigenvalue weighted by molar-refractivity contribution is 0.176. The van der Waals surface area contributed by atoms with Crippen LogP contribution >= 0.6 is 11.8 Å². The van der Waals surface area contributed by atoms with Crippen LogP contribution in [0.4, 0.5) is 0 Å². The van der Waals surface area contributed by atoms with Gasteiger partial charge in [0.1, 0.15) is 0 Å². The van der Waals surface area contributed by atoms with Crippen molar-refractivity contribution in [2.75, 3.05) is 18.1 Å². The van der Waals surface area contributed by atoms with Gasteiger partial charge in [-0.3, -0.25) is 10.3 Å². The Kier molecular flexibility index (Phi) is 4.06. The first kappa shape index (κ1) is 10.9. The molecule has 0 spiro atoms. The molecule has 13 heavy (non-hydrogen) atoms. The van der Waals surface area contributed by atoms with E-state index in [1.165, 1.54) is 11.5 Å². The summed E-state index contributed by atoms with van der Waals surface area (Å²) in [6.45, 7) is 5.55. The summed E-state index contributed by atoms with van der Waals surface area (Å²) in [7, 11) is 0. The maximum Gasteiger partial charge on any atom is 0.0920 e. The molecule has 1 aliphatic rings. The molecule has 0 radical (unpaired) electrons. The van der Waals surface area contributed by atoms with Gasteiger partial charge in [0, 0.05) is 36.6 Å². The zero-order valence-corrected chi connectivity index (χ0v) is 9.23. The van der Waals surface area contributed by atoms with E-state index in [9.17, 15) is 0 Å². The van der Waals surface area contributed by atoms with E-state index in [1.807, 2.05) is 11.8 Å². The second-order valence-corrected chi connectivity index (χ2v) is 4.89. The van der Waals surface area contributed by atoms with E-state index in [1.54, 1.807) is 0 Å². The zero-order chi connectivity index (χ0) is 9.84. The third-order valence-electron chi connectivity index (χ3n) is 2.50. The molecule has 1 heterocycles. The van der Waals surface area contributed by atoms with E-state index in [0.717, 1.165) is 6.54 Å². The van der Waals surface area contributed by atoms with Crippen LogP contribution in [0.25, 0.3) is 0 Å². The minimum absolute atomic E-state index is 0.304. The van der Waals surface area contributed by atoms with E-state index in [2.05, 4.69) is 18.7 Å². The molecule has 0 bridgehead atoms. The highest BCUT2D eigenvalue weighted by atomic mass is 32.2. The average molecular weight is 201 g/mol. The molecule has 2 atom stereocenters. The van der Waals surface area contributed by atoms with Gasteiger partial charge in [0.2, 0.25) is 0 Å². The van der Waals surface area contributed by atoms with Crippen molar-refractivity contribution in [2.45, 2.75) is 32.4 Å². The SMILES string of the molecule is CC1CSCCN1C(C)CC(=N)N. The molecule has 1 rings (SSSR count). The second-order valence-electron chi connectivity index (χ2n) is 3.74. The molecule has 0 amide bonds. The van der Waals surface area contributed by atoms with Gasteiger partial charge in [-0.15, -0.1) is 0 Å². The maximum absolute atomic E-state index is 7.26. The van der Waals surface area contributed by atoms with Crippen molar-refractivity contribution in [2.24, 2.45) is 5.73 Å². The fraction of sp³-hybridized carbons (Fsp3) is 0.889. The standard InChI is InChI=1S/C9H19N3S/c1-7(5-9(10)11)12-3-4-13-6-8(12)2/h7-8H,3-6H2,1-2H3,(H3,10,11). The van der Waals surface area contributed by atoms with Gasteiger partial charge >= 0.3 is 0 Å². The fourth-order valence-electron chi connectivity index (χ4n) is 1.83. The third kappa shape index (κ3) is 3.19. The quantitative estimate of drug-likeness (QED) is 0.532. The number of hydrogen-bond donors (Lipinski definition) is 2. The third-order valence-corrected chi connectivity index (χ3v) is 3.69. The Morgan fingerprint density at radius 3 is 3.00 bits per heavy atom. The molecule has 0 aromatic heterocycles. The summed E-state index contributed by atoms with van der Waals surface area (Å²) in [5.74, 6) is 2.73. The molecule has 2 unspecified atom stereocenters.